The topological polar surface area (TPSA) is 20.2 Å². The highest BCUT2D eigenvalue weighted by Gasteiger charge is 2.12. The van der Waals surface area contributed by atoms with Crippen LogP contribution in [0.4, 0.5) is 4.39 Å². The maximum Gasteiger partial charge on any atom is 0.124 e. The first-order valence-corrected chi connectivity index (χ1v) is 7.07. The van der Waals surface area contributed by atoms with Crippen LogP contribution in [0.15, 0.2) is 42.5 Å². The summed E-state index contributed by atoms with van der Waals surface area (Å²) in [5.41, 5.74) is 2.82. The SMILES string of the molecule is CC(C)c1ccc(C(O)Cc2ccc(F)cc2Cl)cc1. The monoisotopic (exact) mass is 292 g/mol. The molecule has 0 spiro atoms. The van der Waals surface area contributed by atoms with E-state index in [1.165, 1.54) is 17.7 Å². The van der Waals surface area contributed by atoms with Crippen LogP contribution in [0.2, 0.25) is 5.02 Å². The molecule has 0 heterocycles. The Balaban J connectivity index is 2.13. The zero-order chi connectivity index (χ0) is 14.7. The van der Waals surface area contributed by atoms with Gasteiger partial charge in [-0.05, 0) is 34.7 Å². The Hall–Kier alpha value is -1.38. The Labute approximate surface area is 124 Å². The van der Waals surface area contributed by atoms with Crippen molar-refractivity contribution in [2.75, 3.05) is 0 Å². The van der Waals surface area contributed by atoms with Crippen molar-refractivity contribution >= 4 is 11.6 Å². The van der Waals surface area contributed by atoms with E-state index in [0.717, 1.165) is 11.1 Å². The minimum Gasteiger partial charge on any atom is -0.388 e. The van der Waals surface area contributed by atoms with E-state index in [0.29, 0.717) is 17.4 Å². The molecule has 0 aromatic heterocycles. The van der Waals surface area contributed by atoms with Crippen molar-refractivity contribution in [1.29, 1.82) is 0 Å². The van der Waals surface area contributed by atoms with Gasteiger partial charge >= 0.3 is 0 Å². The van der Waals surface area contributed by atoms with Gasteiger partial charge in [0.2, 0.25) is 0 Å². The maximum atomic E-state index is 13.0. The lowest BCUT2D eigenvalue weighted by Gasteiger charge is -2.14. The van der Waals surface area contributed by atoms with E-state index in [4.69, 9.17) is 11.6 Å². The Bertz CT molecular complexity index is 578. The zero-order valence-corrected chi connectivity index (χ0v) is 12.4. The standard InChI is InChI=1S/C17H18ClFO/c1-11(2)12-3-5-13(6-4-12)17(20)9-14-7-8-15(19)10-16(14)18/h3-8,10-11,17,20H,9H2,1-2H3. The molecule has 1 nitrogen and oxygen atoms in total. The van der Waals surface area contributed by atoms with Crippen molar-refractivity contribution in [2.24, 2.45) is 0 Å². The van der Waals surface area contributed by atoms with Crippen LogP contribution in [0.3, 0.4) is 0 Å². The lowest BCUT2D eigenvalue weighted by atomic mass is 9.97. The van der Waals surface area contributed by atoms with Gasteiger partial charge in [0.05, 0.1) is 6.10 Å². The van der Waals surface area contributed by atoms with E-state index in [2.05, 4.69) is 13.8 Å². The van der Waals surface area contributed by atoms with Gasteiger partial charge in [0.25, 0.3) is 0 Å². The fraction of sp³-hybridized carbons (Fsp3) is 0.294. The molecule has 0 bridgehead atoms. The third-order valence-corrected chi connectivity index (χ3v) is 3.77. The lowest BCUT2D eigenvalue weighted by molar-refractivity contribution is 0.178. The fourth-order valence-corrected chi connectivity index (χ4v) is 2.36. The van der Waals surface area contributed by atoms with Gasteiger partial charge in [-0.1, -0.05) is 55.8 Å². The summed E-state index contributed by atoms with van der Waals surface area (Å²) in [6.07, 6.45) is -0.265. The molecule has 0 amide bonds. The number of halogens is 2. The van der Waals surface area contributed by atoms with E-state index in [9.17, 15) is 9.50 Å². The molecule has 3 heteroatoms. The van der Waals surface area contributed by atoms with Crippen LogP contribution in [-0.4, -0.2) is 5.11 Å². The van der Waals surface area contributed by atoms with Gasteiger partial charge in [-0.2, -0.15) is 0 Å². The first kappa shape index (κ1) is 15.0. The van der Waals surface area contributed by atoms with Gasteiger partial charge in [-0.15, -0.1) is 0 Å². The van der Waals surface area contributed by atoms with E-state index >= 15 is 0 Å². The van der Waals surface area contributed by atoms with E-state index in [-0.39, 0.29) is 5.82 Å². The molecule has 0 fully saturated rings. The molecule has 0 aliphatic carbocycles. The van der Waals surface area contributed by atoms with Gasteiger partial charge in [0.1, 0.15) is 5.82 Å². The number of aliphatic hydroxyl groups is 1. The molecule has 1 unspecified atom stereocenters. The summed E-state index contributed by atoms with van der Waals surface area (Å²) in [6.45, 7) is 4.26. The van der Waals surface area contributed by atoms with Crippen molar-refractivity contribution < 1.29 is 9.50 Å². The molecule has 1 atom stereocenters. The Morgan fingerprint density at radius 3 is 2.20 bits per heavy atom. The molecule has 20 heavy (non-hydrogen) atoms. The summed E-state index contributed by atoms with van der Waals surface area (Å²) in [7, 11) is 0. The first-order chi connectivity index (χ1) is 9.47. The second kappa shape index (κ2) is 6.38. The van der Waals surface area contributed by atoms with Gasteiger partial charge in [0.15, 0.2) is 0 Å². The van der Waals surface area contributed by atoms with Crippen LogP contribution in [0.25, 0.3) is 0 Å². The third kappa shape index (κ3) is 3.59. The van der Waals surface area contributed by atoms with Crippen LogP contribution in [0, 0.1) is 5.82 Å². The Morgan fingerprint density at radius 1 is 1.05 bits per heavy atom. The molecule has 2 aromatic rings. The second-order valence-electron chi connectivity index (χ2n) is 5.28. The summed E-state index contributed by atoms with van der Waals surface area (Å²) in [5, 5.41) is 10.6. The number of benzene rings is 2. The Morgan fingerprint density at radius 2 is 1.65 bits per heavy atom. The summed E-state index contributed by atoms with van der Waals surface area (Å²) in [4.78, 5) is 0. The lowest BCUT2D eigenvalue weighted by Crippen LogP contribution is -2.03. The van der Waals surface area contributed by atoms with Crippen LogP contribution in [0.5, 0.6) is 0 Å². The molecule has 2 aromatic carbocycles. The number of hydrogen-bond donors (Lipinski definition) is 1. The third-order valence-electron chi connectivity index (χ3n) is 3.42. The summed E-state index contributed by atoms with van der Waals surface area (Å²) in [6, 6.07) is 12.1. The molecule has 106 valence electrons. The summed E-state index contributed by atoms with van der Waals surface area (Å²) in [5.74, 6) is 0.0993. The van der Waals surface area contributed by atoms with Crippen molar-refractivity contribution in [1.82, 2.24) is 0 Å². The molecule has 0 aliphatic heterocycles. The van der Waals surface area contributed by atoms with Crippen molar-refractivity contribution in [2.45, 2.75) is 32.3 Å². The van der Waals surface area contributed by atoms with Gasteiger partial charge in [0, 0.05) is 11.4 Å². The predicted octanol–water partition coefficient (Wildman–Crippen LogP) is 4.88. The average molecular weight is 293 g/mol. The van der Waals surface area contributed by atoms with Crippen molar-refractivity contribution in [3.63, 3.8) is 0 Å². The van der Waals surface area contributed by atoms with Gasteiger partial charge < -0.3 is 5.11 Å². The highest BCUT2D eigenvalue weighted by Crippen LogP contribution is 2.25. The van der Waals surface area contributed by atoms with Gasteiger partial charge in [-0.3, -0.25) is 0 Å². The molecule has 0 radical (unpaired) electrons. The van der Waals surface area contributed by atoms with E-state index in [1.807, 2.05) is 24.3 Å². The number of hydrogen-bond acceptors (Lipinski definition) is 1. The minimum absolute atomic E-state index is 0.350. The highest BCUT2D eigenvalue weighted by atomic mass is 35.5. The molecule has 0 saturated carbocycles. The predicted molar refractivity (Wildman–Crippen MR) is 80.6 cm³/mol. The quantitative estimate of drug-likeness (QED) is 0.851. The van der Waals surface area contributed by atoms with Crippen molar-refractivity contribution in [3.05, 3.63) is 70.0 Å². The van der Waals surface area contributed by atoms with Crippen LogP contribution >= 0.6 is 11.6 Å². The van der Waals surface area contributed by atoms with E-state index < -0.39 is 6.10 Å². The average Bonchev–Trinajstić information content (AvgIpc) is 2.42. The zero-order valence-electron chi connectivity index (χ0n) is 11.6. The number of rotatable bonds is 4. The van der Waals surface area contributed by atoms with E-state index in [1.54, 1.807) is 6.07 Å². The summed E-state index contributed by atoms with van der Waals surface area (Å²) < 4.78 is 13.0. The van der Waals surface area contributed by atoms with Crippen LogP contribution < -0.4 is 0 Å². The summed E-state index contributed by atoms with van der Waals surface area (Å²) >= 11 is 5.98. The highest BCUT2D eigenvalue weighted by molar-refractivity contribution is 6.31. The van der Waals surface area contributed by atoms with Crippen molar-refractivity contribution in [3.8, 4) is 0 Å². The molecule has 0 aliphatic rings. The Kier molecular flexibility index (Phi) is 4.79. The second-order valence-corrected chi connectivity index (χ2v) is 5.68. The molecule has 2 rings (SSSR count). The number of aliphatic hydroxyl groups excluding tert-OH is 1. The van der Waals surface area contributed by atoms with Crippen LogP contribution in [-0.2, 0) is 6.42 Å². The molecule has 1 N–H and O–H groups in total. The smallest absolute Gasteiger partial charge is 0.124 e. The molecule has 0 saturated heterocycles. The normalized spacial score (nSPS) is 12.7. The molecular weight excluding hydrogens is 275 g/mol. The maximum absolute atomic E-state index is 13.0. The van der Waals surface area contributed by atoms with Crippen LogP contribution in [0.1, 0.15) is 42.6 Å². The minimum atomic E-state index is -0.640. The van der Waals surface area contributed by atoms with Gasteiger partial charge in [-0.25, -0.2) is 4.39 Å². The molecular formula is C17H18ClFO. The fourth-order valence-electron chi connectivity index (χ4n) is 2.12. The first-order valence-electron chi connectivity index (χ1n) is 6.69. The largest absolute Gasteiger partial charge is 0.388 e.